The quantitative estimate of drug-likeness (QED) is 0.911. The van der Waals surface area contributed by atoms with Gasteiger partial charge in [-0.3, -0.25) is 0 Å². The van der Waals surface area contributed by atoms with Gasteiger partial charge in [-0.25, -0.2) is 13.2 Å². The Morgan fingerprint density at radius 3 is 2.47 bits per heavy atom. The van der Waals surface area contributed by atoms with Gasteiger partial charge in [0.15, 0.2) is 0 Å². The Kier molecular flexibility index (Phi) is 4.50. The number of rotatable bonds is 4. The number of hydrogen-bond acceptors (Lipinski definition) is 2. The largest absolute Gasteiger partial charge is 0.316 e. The van der Waals surface area contributed by atoms with Crippen LogP contribution in [-0.4, -0.2) is 7.05 Å². The van der Waals surface area contributed by atoms with Crippen molar-refractivity contribution >= 4 is 11.8 Å². The van der Waals surface area contributed by atoms with Crippen LogP contribution in [-0.2, 0) is 6.54 Å². The van der Waals surface area contributed by atoms with Crippen molar-refractivity contribution in [3.05, 3.63) is 59.4 Å². The lowest BCUT2D eigenvalue weighted by atomic mass is 10.2. The molecule has 0 fully saturated rings. The minimum Gasteiger partial charge on any atom is -0.316 e. The number of nitrogens with one attached hydrogen (secondary N) is 1. The maximum Gasteiger partial charge on any atom is 0.140 e. The van der Waals surface area contributed by atoms with Gasteiger partial charge in [0.2, 0.25) is 0 Å². The summed E-state index contributed by atoms with van der Waals surface area (Å²) in [6, 6.07) is 7.86. The minimum atomic E-state index is -0.649. The second-order valence-corrected chi connectivity index (χ2v) is 5.12. The van der Waals surface area contributed by atoms with E-state index >= 15 is 0 Å². The van der Waals surface area contributed by atoms with E-state index in [9.17, 15) is 13.2 Å². The van der Waals surface area contributed by atoms with Gasteiger partial charge in [-0.05, 0) is 42.9 Å². The summed E-state index contributed by atoms with van der Waals surface area (Å²) in [5, 5.41) is 2.92. The second-order valence-electron chi connectivity index (χ2n) is 4.00. The van der Waals surface area contributed by atoms with Crippen molar-refractivity contribution in [3.63, 3.8) is 0 Å². The van der Waals surface area contributed by atoms with Crippen molar-refractivity contribution in [2.45, 2.75) is 16.3 Å². The maximum atomic E-state index is 13.5. The SMILES string of the molecule is CNCc1cc(F)cc(Sc2ccc(F)cc2F)c1. The van der Waals surface area contributed by atoms with Gasteiger partial charge in [0, 0.05) is 22.4 Å². The van der Waals surface area contributed by atoms with E-state index in [2.05, 4.69) is 5.32 Å². The molecule has 0 aromatic heterocycles. The van der Waals surface area contributed by atoms with Crippen molar-refractivity contribution < 1.29 is 13.2 Å². The van der Waals surface area contributed by atoms with Crippen LogP contribution in [0.2, 0.25) is 0 Å². The molecule has 0 saturated heterocycles. The number of hydrogen-bond donors (Lipinski definition) is 1. The van der Waals surface area contributed by atoms with Gasteiger partial charge >= 0.3 is 0 Å². The molecule has 1 N–H and O–H groups in total. The fraction of sp³-hybridized carbons (Fsp3) is 0.143. The molecule has 0 aliphatic carbocycles. The van der Waals surface area contributed by atoms with E-state index in [1.807, 2.05) is 0 Å². The Labute approximate surface area is 113 Å². The summed E-state index contributed by atoms with van der Waals surface area (Å²) in [6.07, 6.45) is 0. The van der Waals surface area contributed by atoms with Crippen LogP contribution < -0.4 is 5.32 Å². The van der Waals surface area contributed by atoms with E-state index in [0.717, 1.165) is 23.4 Å². The van der Waals surface area contributed by atoms with E-state index in [0.29, 0.717) is 11.4 Å². The molecule has 2 rings (SSSR count). The highest BCUT2D eigenvalue weighted by molar-refractivity contribution is 7.99. The van der Waals surface area contributed by atoms with Gasteiger partial charge < -0.3 is 5.32 Å². The highest BCUT2D eigenvalue weighted by atomic mass is 32.2. The normalized spacial score (nSPS) is 10.7. The highest BCUT2D eigenvalue weighted by Gasteiger charge is 2.07. The molecule has 0 aliphatic heterocycles. The van der Waals surface area contributed by atoms with Crippen molar-refractivity contribution in [1.82, 2.24) is 5.32 Å². The summed E-state index contributed by atoms with van der Waals surface area (Å²) in [5.41, 5.74) is 0.771. The zero-order valence-electron chi connectivity index (χ0n) is 10.2. The van der Waals surface area contributed by atoms with Crippen LogP contribution >= 0.6 is 11.8 Å². The van der Waals surface area contributed by atoms with Crippen LogP contribution in [0.3, 0.4) is 0 Å². The van der Waals surface area contributed by atoms with Crippen molar-refractivity contribution in [2.75, 3.05) is 7.05 Å². The minimum absolute atomic E-state index is 0.266. The van der Waals surface area contributed by atoms with Crippen LogP contribution in [0.1, 0.15) is 5.56 Å². The van der Waals surface area contributed by atoms with Crippen molar-refractivity contribution in [1.29, 1.82) is 0 Å². The standard InChI is InChI=1S/C14H12F3NS/c1-18-8-9-4-11(16)6-12(5-9)19-14-3-2-10(15)7-13(14)17/h2-7,18H,8H2,1H3. The Morgan fingerprint density at radius 2 is 1.79 bits per heavy atom. The van der Waals surface area contributed by atoms with Gasteiger partial charge in [0.1, 0.15) is 17.5 Å². The van der Waals surface area contributed by atoms with E-state index in [1.54, 1.807) is 13.1 Å². The van der Waals surface area contributed by atoms with Crippen molar-refractivity contribution in [2.24, 2.45) is 0 Å². The third-order valence-electron chi connectivity index (χ3n) is 2.43. The summed E-state index contributed by atoms with van der Waals surface area (Å²) < 4.78 is 39.7. The lowest BCUT2D eigenvalue weighted by Crippen LogP contribution is -2.05. The molecule has 0 spiro atoms. The third-order valence-corrected chi connectivity index (χ3v) is 3.46. The molecular formula is C14H12F3NS. The molecule has 19 heavy (non-hydrogen) atoms. The Morgan fingerprint density at radius 1 is 1.00 bits per heavy atom. The molecule has 0 aliphatic rings. The average Bonchev–Trinajstić information content (AvgIpc) is 2.32. The Bertz CT molecular complexity index is 587. The molecule has 100 valence electrons. The lowest BCUT2D eigenvalue weighted by Gasteiger charge is -2.07. The van der Waals surface area contributed by atoms with Crippen LogP contribution in [0.25, 0.3) is 0 Å². The molecule has 2 aromatic rings. The molecule has 1 nitrogen and oxygen atoms in total. The van der Waals surface area contributed by atoms with Crippen LogP contribution in [0.4, 0.5) is 13.2 Å². The van der Waals surface area contributed by atoms with Crippen LogP contribution in [0.5, 0.6) is 0 Å². The molecule has 0 heterocycles. The molecule has 0 radical (unpaired) electrons. The molecule has 0 atom stereocenters. The van der Waals surface area contributed by atoms with E-state index in [1.165, 1.54) is 24.3 Å². The number of benzene rings is 2. The van der Waals surface area contributed by atoms with E-state index in [-0.39, 0.29) is 10.7 Å². The summed E-state index contributed by atoms with van der Waals surface area (Å²) in [5.74, 6) is -1.65. The first-order valence-corrected chi connectivity index (χ1v) is 6.47. The molecular weight excluding hydrogens is 271 g/mol. The van der Waals surface area contributed by atoms with Crippen molar-refractivity contribution in [3.8, 4) is 0 Å². The summed E-state index contributed by atoms with van der Waals surface area (Å²) in [4.78, 5) is 0.846. The fourth-order valence-electron chi connectivity index (χ4n) is 1.67. The summed E-state index contributed by atoms with van der Waals surface area (Å²) >= 11 is 1.07. The molecule has 5 heteroatoms. The number of halogens is 3. The molecule has 0 unspecified atom stereocenters. The monoisotopic (exact) mass is 283 g/mol. The molecule has 2 aromatic carbocycles. The maximum absolute atomic E-state index is 13.5. The predicted molar refractivity (Wildman–Crippen MR) is 69.6 cm³/mol. The second kappa shape index (κ2) is 6.12. The summed E-state index contributed by atoms with van der Waals surface area (Å²) in [7, 11) is 1.76. The predicted octanol–water partition coefficient (Wildman–Crippen LogP) is 3.97. The van der Waals surface area contributed by atoms with E-state index in [4.69, 9.17) is 0 Å². The first-order chi connectivity index (χ1) is 9.08. The first kappa shape index (κ1) is 14.0. The lowest BCUT2D eigenvalue weighted by molar-refractivity contribution is 0.565. The Balaban J connectivity index is 2.27. The van der Waals surface area contributed by atoms with Gasteiger partial charge in [-0.2, -0.15) is 0 Å². The highest BCUT2D eigenvalue weighted by Crippen LogP contribution is 2.31. The molecule has 0 saturated carbocycles. The first-order valence-electron chi connectivity index (χ1n) is 5.65. The average molecular weight is 283 g/mol. The van der Waals surface area contributed by atoms with E-state index < -0.39 is 11.6 Å². The molecule has 0 amide bonds. The van der Waals surface area contributed by atoms with Gasteiger partial charge in [-0.1, -0.05) is 11.8 Å². The zero-order chi connectivity index (χ0) is 13.8. The molecule has 0 bridgehead atoms. The van der Waals surface area contributed by atoms with Gasteiger partial charge in [0.25, 0.3) is 0 Å². The topological polar surface area (TPSA) is 12.0 Å². The Hall–Kier alpha value is -1.46. The van der Waals surface area contributed by atoms with Crippen LogP contribution in [0.15, 0.2) is 46.2 Å². The fourth-order valence-corrected chi connectivity index (χ4v) is 2.60. The zero-order valence-corrected chi connectivity index (χ0v) is 11.0. The summed E-state index contributed by atoms with van der Waals surface area (Å²) in [6.45, 7) is 0.525. The van der Waals surface area contributed by atoms with Gasteiger partial charge in [-0.15, -0.1) is 0 Å². The third kappa shape index (κ3) is 3.75. The van der Waals surface area contributed by atoms with Gasteiger partial charge in [0.05, 0.1) is 0 Å². The van der Waals surface area contributed by atoms with Crippen LogP contribution in [0, 0.1) is 17.5 Å². The smallest absolute Gasteiger partial charge is 0.140 e.